The molecule has 0 spiro atoms. The van der Waals surface area contributed by atoms with Crippen molar-refractivity contribution in [1.29, 1.82) is 0 Å². The normalized spacial score (nSPS) is 18.9. The number of hydrogen-bond acceptors (Lipinski definition) is 3. The van der Waals surface area contributed by atoms with E-state index < -0.39 is 0 Å². The molecule has 3 heteroatoms. The van der Waals surface area contributed by atoms with Crippen LogP contribution in [0.3, 0.4) is 0 Å². The van der Waals surface area contributed by atoms with Crippen LogP contribution in [-0.4, -0.2) is 13.7 Å². The monoisotopic (exact) mass is 234 g/mol. The predicted octanol–water partition coefficient (Wildman–Crippen LogP) is 2.05. The zero-order chi connectivity index (χ0) is 12.6. The molecule has 0 aliphatic heterocycles. The van der Waals surface area contributed by atoms with E-state index in [1.165, 1.54) is 5.56 Å². The van der Waals surface area contributed by atoms with Crippen molar-refractivity contribution in [2.45, 2.75) is 32.7 Å². The topological polar surface area (TPSA) is 61.3 Å². The van der Waals surface area contributed by atoms with Gasteiger partial charge in [-0.3, -0.25) is 0 Å². The summed E-state index contributed by atoms with van der Waals surface area (Å²) in [5.41, 5.74) is 15.8. The Hall–Kier alpha value is -1.06. The van der Waals surface area contributed by atoms with E-state index in [1.54, 1.807) is 7.11 Å². The van der Waals surface area contributed by atoms with E-state index in [1.807, 2.05) is 0 Å². The van der Waals surface area contributed by atoms with Gasteiger partial charge in [0, 0.05) is 11.5 Å². The maximum Gasteiger partial charge on any atom is 0.124 e. The molecule has 94 valence electrons. The standard InChI is InChI=1S/C14H22N2O/c1-9-6-11(7-10(2)12(9)17-3)13(16)14(8-15)4-5-14/h6-7,13H,4-5,8,15-16H2,1-3H3. The third-order valence-electron chi connectivity index (χ3n) is 4.00. The van der Waals surface area contributed by atoms with Gasteiger partial charge in [-0.15, -0.1) is 0 Å². The van der Waals surface area contributed by atoms with E-state index in [0.29, 0.717) is 6.54 Å². The summed E-state index contributed by atoms with van der Waals surface area (Å²) in [6.45, 7) is 4.80. The van der Waals surface area contributed by atoms with Gasteiger partial charge in [-0.05, 0) is 49.9 Å². The number of nitrogens with two attached hydrogens (primary N) is 2. The van der Waals surface area contributed by atoms with Crippen molar-refractivity contribution in [2.75, 3.05) is 13.7 Å². The van der Waals surface area contributed by atoms with E-state index in [2.05, 4.69) is 26.0 Å². The molecular formula is C14H22N2O. The molecular weight excluding hydrogens is 212 g/mol. The highest BCUT2D eigenvalue weighted by Gasteiger charge is 2.47. The average Bonchev–Trinajstić information content (AvgIpc) is 3.08. The first kappa shape index (κ1) is 12.4. The molecule has 0 heterocycles. The molecule has 1 aromatic carbocycles. The first-order valence-electron chi connectivity index (χ1n) is 6.15. The van der Waals surface area contributed by atoms with Crippen LogP contribution in [0.5, 0.6) is 5.75 Å². The quantitative estimate of drug-likeness (QED) is 0.838. The molecule has 0 saturated heterocycles. The fourth-order valence-electron chi connectivity index (χ4n) is 2.64. The maximum atomic E-state index is 6.35. The van der Waals surface area contributed by atoms with Gasteiger partial charge in [0.1, 0.15) is 5.75 Å². The van der Waals surface area contributed by atoms with Gasteiger partial charge in [0.2, 0.25) is 0 Å². The molecule has 2 rings (SSSR count). The van der Waals surface area contributed by atoms with Crippen molar-refractivity contribution < 1.29 is 4.74 Å². The molecule has 1 atom stereocenters. The molecule has 1 aliphatic carbocycles. The van der Waals surface area contributed by atoms with Crippen molar-refractivity contribution in [1.82, 2.24) is 0 Å². The number of methoxy groups -OCH3 is 1. The van der Waals surface area contributed by atoms with E-state index in [0.717, 1.165) is 29.7 Å². The van der Waals surface area contributed by atoms with Gasteiger partial charge < -0.3 is 16.2 Å². The molecule has 1 saturated carbocycles. The summed E-state index contributed by atoms with van der Waals surface area (Å²) in [7, 11) is 1.71. The average molecular weight is 234 g/mol. The largest absolute Gasteiger partial charge is 0.496 e. The fourth-order valence-corrected chi connectivity index (χ4v) is 2.64. The predicted molar refractivity (Wildman–Crippen MR) is 70.1 cm³/mol. The smallest absolute Gasteiger partial charge is 0.124 e. The maximum absolute atomic E-state index is 6.35. The SMILES string of the molecule is COc1c(C)cc(C(N)C2(CN)CC2)cc1C. The van der Waals surface area contributed by atoms with Crippen molar-refractivity contribution in [3.8, 4) is 5.75 Å². The second-order valence-electron chi connectivity index (χ2n) is 5.23. The number of ether oxygens (including phenoxy) is 1. The lowest BCUT2D eigenvalue weighted by atomic mass is 9.89. The Morgan fingerprint density at radius 3 is 2.18 bits per heavy atom. The summed E-state index contributed by atoms with van der Waals surface area (Å²) in [5.74, 6) is 0.957. The zero-order valence-corrected chi connectivity index (χ0v) is 10.9. The van der Waals surface area contributed by atoms with Crippen LogP contribution in [0.4, 0.5) is 0 Å². The summed E-state index contributed by atoms with van der Waals surface area (Å²) < 4.78 is 5.37. The number of rotatable bonds is 4. The van der Waals surface area contributed by atoms with Crippen LogP contribution in [0, 0.1) is 19.3 Å². The highest BCUT2D eigenvalue weighted by molar-refractivity contribution is 5.44. The van der Waals surface area contributed by atoms with Crippen LogP contribution in [0.2, 0.25) is 0 Å². The van der Waals surface area contributed by atoms with Gasteiger partial charge in [-0.25, -0.2) is 0 Å². The van der Waals surface area contributed by atoms with Crippen LogP contribution >= 0.6 is 0 Å². The lowest BCUT2D eigenvalue weighted by Gasteiger charge is -2.23. The van der Waals surface area contributed by atoms with E-state index >= 15 is 0 Å². The van der Waals surface area contributed by atoms with Crippen LogP contribution in [0.1, 0.15) is 35.6 Å². The first-order chi connectivity index (χ1) is 8.04. The third-order valence-corrected chi connectivity index (χ3v) is 4.00. The summed E-state index contributed by atoms with van der Waals surface area (Å²) in [4.78, 5) is 0. The van der Waals surface area contributed by atoms with E-state index in [-0.39, 0.29) is 11.5 Å². The van der Waals surface area contributed by atoms with Crippen LogP contribution in [-0.2, 0) is 0 Å². The van der Waals surface area contributed by atoms with E-state index in [4.69, 9.17) is 16.2 Å². The highest BCUT2D eigenvalue weighted by atomic mass is 16.5. The Bertz CT molecular complexity index is 401. The molecule has 1 unspecified atom stereocenters. The van der Waals surface area contributed by atoms with Crippen molar-refractivity contribution in [2.24, 2.45) is 16.9 Å². The number of hydrogen-bond donors (Lipinski definition) is 2. The molecule has 1 fully saturated rings. The van der Waals surface area contributed by atoms with Crippen molar-refractivity contribution in [3.05, 3.63) is 28.8 Å². The van der Waals surface area contributed by atoms with Gasteiger partial charge >= 0.3 is 0 Å². The Kier molecular flexibility index (Phi) is 3.15. The lowest BCUT2D eigenvalue weighted by molar-refractivity contribution is 0.403. The summed E-state index contributed by atoms with van der Waals surface area (Å²) in [5, 5.41) is 0. The molecule has 3 nitrogen and oxygen atoms in total. The summed E-state index contributed by atoms with van der Waals surface area (Å²) >= 11 is 0. The molecule has 0 aromatic heterocycles. The minimum atomic E-state index is 0.0517. The van der Waals surface area contributed by atoms with Crippen LogP contribution in [0.15, 0.2) is 12.1 Å². The van der Waals surface area contributed by atoms with Gasteiger partial charge in [0.15, 0.2) is 0 Å². The Morgan fingerprint density at radius 1 is 1.29 bits per heavy atom. The molecule has 1 aliphatic rings. The molecule has 0 amide bonds. The second kappa shape index (κ2) is 4.31. The molecule has 1 aromatic rings. The van der Waals surface area contributed by atoms with Gasteiger partial charge in [0.25, 0.3) is 0 Å². The summed E-state index contributed by atoms with van der Waals surface area (Å²) in [6, 6.07) is 4.31. The number of aryl methyl sites for hydroxylation is 2. The highest BCUT2D eigenvalue weighted by Crippen LogP contribution is 2.53. The Balaban J connectivity index is 2.34. The first-order valence-corrected chi connectivity index (χ1v) is 6.15. The minimum Gasteiger partial charge on any atom is -0.496 e. The third kappa shape index (κ3) is 2.05. The summed E-state index contributed by atoms with van der Waals surface area (Å²) in [6.07, 6.45) is 2.30. The lowest BCUT2D eigenvalue weighted by Crippen LogP contribution is -2.29. The fraction of sp³-hybridized carbons (Fsp3) is 0.571. The molecule has 0 bridgehead atoms. The van der Waals surface area contributed by atoms with Crippen LogP contribution < -0.4 is 16.2 Å². The van der Waals surface area contributed by atoms with Crippen LogP contribution in [0.25, 0.3) is 0 Å². The number of benzene rings is 1. The van der Waals surface area contributed by atoms with E-state index in [9.17, 15) is 0 Å². The molecule has 0 radical (unpaired) electrons. The Labute approximate surface area is 103 Å². The minimum absolute atomic E-state index is 0.0517. The zero-order valence-electron chi connectivity index (χ0n) is 10.9. The van der Waals surface area contributed by atoms with Gasteiger partial charge in [-0.1, -0.05) is 12.1 Å². The Morgan fingerprint density at radius 2 is 1.82 bits per heavy atom. The van der Waals surface area contributed by atoms with Crippen molar-refractivity contribution >= 4 is 0 Å². The molecule has 17 heavy (non-hydrogen) atoms. The van der Waals surface area contributed by atoms with Crippen molar-refractivity contribution in [3.63, 3.8) is 0 Å². The van der Waals surface area contributed by atoms with Gasteiger partial charge in [0.05, 0.1) is 7.11 Å². The van der Waals surface area contributed by atoms with Gasteiger partial charge in [-0.2, -0.15) is 0 Å². The molecule has 4 N–H and O–H groups in total. The second-order valence-corrected chi connectivity index (χ2v) is 5.23.